The molecule has 0 aliphatic carbocycles. The second-order valence-electron chi connectivity index (χ2n) is 4.00. The summed E-state index contributed by atoms with van der Waals surface area (Å²) in [6, 6.07) is 0. The van der Waals surface area contributed by atoms with Gasteiger partial charge in [-0.1, -0.05) is 25.2 Å². The van der Waals surface area contributed by atoms with E-state index < -0.39 is 0 Å². The number of rotatable bonds is 7. The highest BCUT2D eigenvalue weighted by Crippen LogP contribution is 2.21. The van der Waals surface area contributed by atoms with Gasteiger partial charge in [-0.3, -0.25) is 4.79 Å². The van der Waals surface area contributed by atoms with Crippen LogP contribution in [0.3, 0.4) is 0 Å². The van der Waals surface area contributed by atoms with E-state index in [1.807, 2.05) is 0 Å². The number of thiazole rings is 1. The van der Waals surface area contributed by atoms with E-state index in [4.69, 9.17) is 4.74 Å². The van der Waals surface area contributed by atoms with Crippen LogP contribution in [0.2, 0.25) is 0 Å². The molecule has 5 heteroatoms. The summed E-state index contributed by atoms with van der Waals surface area (Å²) in [6.45, 7) is 6.72. The molecule has 1 aromatic rings. The number of hydrogen-bond donors (Lipinski definition) is 0. The van der Waals surface area contributed by atoms with Gasteiger partial charge in [0.25, 0.3) is 0 Å². The molecule has 4 nitrogen and oxygen atoms in total. The summed E-state index contributed by atoms with van der Waals surface area (Å²) in [6.07, 6.45) is 2.46. The second-order valence-corrected chi connectivity index (χ2v) is 5.04. The summed E-state index contributed by atoms with van der Waals surface area (Å²) < 4.78 is 5.07. The van der Waals surface area contributed by atoms with Crippen molar-refractivity contribution >= 4 is 22.8 Å². The molecule has 0 aliphatic rings. The Morgan fingerprint density at radius 3 is 2.88 bits per heavy atom. The topological polar surface area (TPSA) is 42.4 Å². The first kappa shape index (κ1) is 13.1. The number of ether oxygens (including phenoxy) is 1. The summed E-state index contributed by atoms with van der Waals surface area (Å²) in [5, 5.41) is 0.896. The van der Waals surface area contributed by atoms with Crippen molar-refractivity contribution in [3.8, 4) is 0 Å². The molecule has 0 atom stereocenters. The molecule has 0 radical (unpaired) electrons. The highest BCUT2D eigenvalue weighted by molar-refractivity contribution is 7.17. The molecule has 1 heterocycles. The van der Waals surface area contributed by atoms with Crippen molar-refractivity contribution in [1.82, 2.24) is 4.98 Å². The summed E-state index contributed by atoms with van der Waals surface area (Å²) in [5.74, 6) is 0.556. The van der Waals surface area contributed by atoms with Gasteiger partial charge in [-0.25, -0.2) is 4.98 Å². The van der Waals surface area contributed by atoms with Gasteiger partial charge in [0.15, 0.2) is 11.4 Å². The maximum absolute atomic E-state index is 10.6. The van der Waals surface area contributed by atoms with Crippen molar-refractivity contribution in [1.29, 1.82) is 0 Å². The Morgan fingerprint density at radius 2 is 2.38 bits per heavy atom. The molecule has 0 fully saturated rings. The molecule has 0 saturated carbocycles. The van der Waals surface area contributed by atoms with Crippen LogP contribution in [0.25, 0.3) is 0 Å². The zero-order valence-corrected chi connectivity index (χ0v) is 10.8. The summed E-state index contributed by atoms with van der Waals surface area (Å²) in [5.41, 5.74) is 0. The van der Waals surface area contributed by atoms with Gasteiger partial charge in [-0.05, 0) is 5.92 Å². The smallest absolute Gasteiger partial charge is 0.186 e. The maximum Gasteiger partial charge on any atom is 0.186 e. The van der Waals surface area contributed by atoms with Crippen molar-refractivity contribution < 1.29 is 9.53 Å². The first-order valence-electron chi connectivity index (χ1n) is 5.32. The lowest BCUT2D eigenvalue weighted by Gasteiger charge is -2.23. The Morgan fingerprint density at radius 1 is 1.62 bits per heavy atom. The van der Waals surface area contributed by atoms with Crippen molar-refractivity contribution in [2.75, 3.05) is 31.7 Å². The molecular weight excluding hydrogens is 224 g/mol. The Bertz CT molecular complexity index is 326. The zero-order chi connectivity index (χ0) is 12.0. The Hall–Kier alpha value is -0.940. The molecule has 0 saturated heterocycles. The summed E-state index contributed by atoms with van der Waals surface area (Å²) in [7, 11) is 1.69. The lowest BCUT2D eigenvalue weighted by molar-refractivity contribution is 0.112. The van der Waals surface area contributed by atoms with Gasteiger partial charge < -0.3 is 9.64 Å². The molecule has 0 bridgehead atoms. The number of methoxy groups -OCH3 is 1. The van der Waals surface area contributed by atoms with E-state index in [9.17, 15) is 4.79 Å². The fourth-order valence-corrected chi connectivity index (χ4v) is 2.15. The predicted molar refractivity (Wildman–Crippen MR) is 66.4 cm³/mol. The number of aromatic nitrogens is 1. The van der Waals surface area contributed by atoms with Gasteiger partial charge in [-0.2, -0.15) is 0 Å². The average molecular weight is 242 g/mol. The number of carbonyl (C=O) groups is 1. The van der Waals surface area contributed by atoms with Crippen molar-refractivity contribution in [2.45, 2.75) is 13.8 Å². The molecule has 0 aliphatic heterocycles. The average Bonchev–Trinajstić information content (AvgIpc) is 2.72. The predicted octanol–water partition coefficient (Wildman–Crippen LogP) is 2.06. The minimum Gasteiger partial charge on any atom is -0.383 e. The van der Waals surface area contributed by atoms with Crippen LogP contribution in [-0.2, 0) is 4.74 Å². The van der Waals surface area contributed by atoms with Crippen LogP contribution in [0, 0.1) is 5.92 Å². The molecule has 0 unspecified atom stereocenters. The van der Waals surface area contributed by atoms with Crippen LogP contribution in [0.15, 0.2) is 6.20 Å². The van der Waals surface area contributed by atoms with E-state index in [2.05, 4.69) is 23.7 Å². The van der Waals surface area contributed by atoms with Gasteiger partial charge in [-0.15, -0.1) is 0 Å². The molecule has 0 spiro atoms. The van der Waals surface area contributed by atoms with Gasteiger partial charge in [0.2, 0.25) is 0 Å². The number of anilines is 1. The molecular formula is C11H18N2O2S. The Kier molecular flexibility index (Phi) is 5.42. The lowest BCUT2D eigenvalue weighted by Crippen LogP contribution is -2.30. The summed E-state index contributed by atoms with van der Waals surface area (Å²) >= 11 is 1.42. The Balaban J connectivity index is 2.69. The van der Waals surface area contributed by atoms with Crippen LogP contribution in [-0.4, -0.2) is 38.1 Å². The van der Waals surface area contributed by atoms with E-state index in [1.165, 1.54) is 11.3 Å². The van der Waals surface area contributed by atoms with Crippen LogP contribution in [0.4, 0.5) is 5.13 Å². The van der Waals surface area contributed by atoms with Gasteiger partial charge in [0, 0.05) is 20.2 Å². The van der Waals surface area contributed by atoms with Crippen LogP contribution in [0.1, 0.15) is 23.5 Å². The van der Waals surface area contributed by atoms with Crippen LogP contribution >= 0.6 is 11.3 Å². The third-order valence-electron chi connectivity index (χ3n) is 2.05. The van der Waals surface area contributed by atoms with Crippen molar-refractivity contribution in [3.05, 3.63) is 11.1 Å². The number of aldehydes is 1. The van der Waals surface area contributed by atoms with Gasteiger partial charge in [0.05, 0.1) is 17.7 Å². The largest absolute Gasteiger partial charge is 0.383 e. The van der Waals surface area contributed by atoms with E-state index in [0.717, 1.165) is 24.5 Å². The molecule has 0 aromatic carbocycles. The number of hydrogen-bond acceptors (Lipinski definition) is 5. The van der Waals surface area contributed by atoms with Crippen molar-refractivity contribution in [2.24, 2.45) is 5.92 Å². The molecule has 1 rings (SSSR count). The van der Waals surface area contributed by atoms with Gasteiger partial charge >= 0.3 is 0 Å². The highest BCUT2D eigenvalue weighted by atomic mass is 32.1. The third kappa shape index (κ3) is 3.90. The lowest BCUT2D eigenvalue weighted by atomic mass is 10.2. The molecule has 90 valence electrons. The molecule has 0 N–H and O–H groups in total. The SMILES string of the molecule is COCCN(CC(C)C)c1ncc(C=O)s1. The standard InChI is InChI=1S/C11H18N2O2S/c1-9(2)7-13(4-5-15-3)11-12-6-10(8-14)16-11/h6,8-9H,4-5,7H2,1-3H3. The number of carbonyl (C=O) groups excluding carboxylic acids is 1. The molecule has 1 aromatic heterocycles. The second kappa shape index (κ2) is 6.60. The van der Waals surface area contributed by atoms with E-state index in [0.29, 0.717) is 17.4 Å². The summed E-state index contributed by atoms with van der Waals surface area (Å²) in [4.78, 5) is 17.7. The normalized spacial score (nSPS) is 10.8. The monoisotopic (exact) mass is 242 g/mol. The minimum absolute atomic E-state index is 0.556. The fraction of sp³-hybridized carbons (Fsp3) is 0.636. The molecule has 0 amide bonds. The van der Waals surface area contributed by atoms with E-state index >= 15 is 0 Å². The maximum atomic E-state index is 10.6. The zero-order valence-electron chi connectivity index (χ0n) is 9.97. The first-order valence-corrected chi connectivity index (χ1v) is 6.14. The quantitative estimate of drug-likeness (QED) is 0.686. The van der Waals surface area contributed by atoms with Gasteiger partial charge in [0.1, 0.15) is 0 Å². The molecule has 16 heavy (non-hydrogen) atoms. The number of nitrogens with zero attached hydrogens (tertiary/aromatic N) is 2. The van der Waals surface area contributed by atoms with E-state index in [1.54, 1.807) is 13.3 Å². The third-order valence-corrected chi connectivity index (χ3v) is 3.03. The minimum atomic E-state index is 0.556. The van der Waals surface area contributed by atoms with Crippen molar-refractivity contribution in [3.63, 3.8) is 0 Å². The van der Waals surface area contributed by atoms with Crippen LogP contribution in [0.5, 0.6) is 0 Å². The fourth-order valence-electron chi connectivity index (χ4n) is 1.38. The first-order chi connectivity index (χ1) is 7.67. The van der Waals surface area contributed by atoms with Crippen LogP contribution < -0.4 is 4.90 Å². The van der Waals surface area contributed by atoms with E-state index in [-0.39, 0.29) is 0 Å². The Labute approximate surface area is 100 Å². The highest BCUT2D eigenvalue weighted by Gasteiger charge is 2.12.